The number of carbonyl (C=O) groups is 1. The van der Waals surface area contributed by atoms with Gasteiger partial charge >= 0.3 is 0 Å². The molecule has 4 heteroatoms. The first kappa shape index (κ1) is 24.0. The quantitative estimate of drug-likeness (QED) is 0.453. The van der Waals surface area contributed by atoms with Crippen LogP contribution in [-0.2, 0) is 16.0 Å². The van der Waals surface area contributed by atoms with Crippen molar-refractivity contribution >= 4 is 16.7 Å². The topological polar surface area (TPSA) is 65.2 Å². The maximum Gasteiger partial charge on any atom is 0.220 e. The van der Waals surface area contributed by atoms with Crippen LogP contribution in [0.3, 0.4) is 0 Å². The molecule has 1 saturated carbocycles. The fourth-order valence-corrected chi connectivity index (χ4v) is 6.17. The van der Waals surface area contributed by atoms with Crippen LogP contribution in [0, 0.1) is 18.8 Å². The summed E-state index contributed by atoms with van der Waals surface area (Å²) in [4.78, 5) is 17.0. The number of hydrogen-bond acceptors (Lipinski definition) is 3. The van der Waals surface area contributed by atoms with E-state index >= 15 is 0 Å². The first-order chi connectivity index (χ1) is 16.9. The first-order valence-electron chi connectivity index (χ1n) is 13.4. The number of pyridine rings is 1. The summed E-state index contributed by atoms with van der Waals surface area (Å²) in [5.41, 5.74) is 13.3. The zero-order chi connectivity index (χ0) is 24.5. The molecule has 0 bridgehead atoms. The van der Waals surface area contributed by atoms with Crippen molar-refractivity contribution in [2.45, 2.75) is 71.1 Å². The van der Waals surface area contributed by atoms with Crippen molar-refractivity contribution in [1.29, 1.82) is 0 Å². The molecule has 1 aliphatic heterocycles. The summed E-state index contributed by atoms with van der Waals surface area (Å²) in [6.07, 6.45) is 5.75. The van der Waals surface area contributed by atoms with Gasteiger partial charge < -0.3 is 10.5 Å². The molecule has 1 aromatic heterocycles. The predicted molar refractivity (Wildman–Crippen MR) is 143 cm³/mol. The van der Waals surface area contributed by atoms with Crippen molar-refractivity contribution in [3.05, 3.63) is 65.0 Å². The molecule has 1 amide bonds. The SMILES string of the molecule is CCc1cc(-c2ccc3c(C4CCOC[C@@H]4C)nc(C4CCC(C(N)=O)CC4)cc3c2)ccc1C. The lowest BCUT2D eigenvalue weighted by Gasteiger charge is -2.31. The van der Waals surface area contributed by atoms with Gasteiger partial charge in [-0.15, -0.1) is 0 Å². The molecule has 0 spiro atoms. The maximum atomic E-state index is 11.7. The third kappa shape index (κ3) is 4.86. The molecule has 0 radical (unpaired) electrons. The molecule has 2 N–H and O–H groups in total. The Morgan fingerprint density at radius 1 is 1.03 bits per heavy atom. The van der Waals surface area contributed by atoms with Crippen LogP contribution in [0.15, 0.2) is 42.5 Å². The van der Waals surface area contributed by atoms with E-state index in [-0.39, 0.29) is 11.8 Å². The number of aromatic nitrogens is 1. The normalized spacial score (nSPS) is 25.0. The van der Waals surface area contributed by atoms with Crippen molar-refractivity contribution in [2.75, 3.05) is 13.2 Å². The summed E-state index contributed by atoms with van der Waals surface area (Å²) >= 11 is 0. The molecule has 3 aromatic rings. The lowest BCUT2D eigenvalue weighted by atomic mass is 9.79. The Morgan fingerprint density at radius 2 is 1.77 bits per heavy atom. The van der Waals surface area contributed by atoms with E-state index in [1.165, 1.54) is 44.4 Å². The summed E-state index contributed by atoms with van der Waals surface area (Å²) in [6.45, 7) is 8.29. The van der Waals surface area contributed by atoms with Gasteiger partial charge in [0.25, 0.3) is 0 Å². The molecule has 2 aromatic carbocycles. The highest BCUT2D eigenvalue weighted by Gasteiger charge is 2.30. The first-order valence-corrected chi connectivity index (χ1v) is 13.4. The van der Waals surface area contributed by atoms with E-state index in [4.69, 9.17) is 15.5 Å². The van der Waals surface area contributed by atoms with Crippen molar-refractivity contribution in [3.63, 3.8) is 0 Å². The molecule has 1 aliphatic carbocycles. The van der Waals surface area contributed by atoms with Crippen LogP contribution in [0.4, 0.5) is 0 Å². The summed E-state index contributed by atoms with van der Waals surface area (Å²) < 4.78 is 5.76. The minimum atomic E-state index is -0.152. The van der Waals surface area contributed by atoms with Gasteiger partial charge in [-0.1, -0.05) is 44.2 Å². The third-order valence-corrected chi connectivity index (χ3v) is 8.48. The Balaban J connectivity index is 1.58. The third-order valence-electron chi connectivity index (χ3n) is 8.48. The van der Waals surface area contributed by atoms with E-state index in [9.17, 15) is 4.79 Å². The number of rotatable bonds is 5. The van der Waals surface area contributed by atoms with Gasteiger partial charge in [-0.25, -0.2) is 0 Å². The summed E-state index contributed by atoms with van der Waals surface area (Å²) in [5, 5.41) is 2.54. The summed E-state index contributed by atoms with van der Waals surface area (Å²) in [6, 6.07) is 16.0. The summed E-state index contributed by atoms with van der Waals surface area (Å²) in [5.74, 6) is 1.11. The molecule has 2 aliphatic rings. The number of carbonyl (C=O) groups excluding carboxylic acids is 1. The lowest BCUT2D eigenvalue weighted by Crippen LogP contribution is -2.28. The van der Waals surface area contributed by atoms with Gasteiger partial charge in [-0.3, -0.25) is 9.78 Å². The van der Waals surface area contributed by atoms with Gasteiger partial charge in [0, 0.05) is 42.0 Å². The van der Waals surface area contributed by atoms with Crippen LogP contribution in [0.25, 0.3) is 21.9 Å². The Labute approximate surface area is 209 Å². The Kier molecular flexibility index (Phi) is 6.93. The van der Waals surface area contributed by atoms with Crippen LogP contribution in [0.2, 0.25) is 0 Å². The molecule has 35 heavy (non-hydrogen) atoms. The number of aryl methyl sites for hydroxylation is 2. The van der Waals surface area contributed by atoms with E-state index < -0.39 is 0 Å². The monoisotopic (exact) mass is 470 g/mol. The molecule has 1 saturated heterocycles. The van der Waals surface area contributed by atoms with Gasteiger partial charge in [0.1, 0.15) is 0 Å². The van der Waals surface area contributed by atoms with Crippen molar-refractivity contribution in [1.82, 2.24) is 4.98 Å². The van der Waals surface area contributed by atoms with Crippen LogP contribution in [0.1, 0.15) is 80.3 Å². The van der Waals surface area contributed by atoms with Crippen molar-refractivity contribution in [3.8, 4) is 11.1 Å². The molecule has 184 valence electrons. The van der Waals surface area contributed by atoms with Gasteiger partial charge in [0.15, 0.2) is 0 Å². The Bertz CT molecular complexity index is 1230. The van der Waals surface area contributed by atoms with Crippen LogP contribution < -0.4 is 5.73 Å². The largest absolute Gasteiger partial charge is 0.381 e. The molecule has 2 fully saturated rings. The van der Waals surface area contributed by atoms with Crippen molar-refractivity contribution in [2.24, 2.45) is 17.6 Å². The molecule has 5 rings (SSSR count). The zero-order valence-electron chi connectivity index (χ0n) is 21.3. The van der Waals surface area contributed by atoms with Crippen LogP contribution in [0.5, 0.6) is 0 Å². The minimum absolute atomic E-state index is 0.0163. The fraction of sp³-hybridized carbons (Fsp3) is 0.484. The van der Waals surface area contributed by atoms with E-state index in [0.29, 0.717) is 17.8 Å². The van der Waals surface area contributed by atoms with E-state index in [1.54, 1.807) is 0 Å². The molecular formula is C31H38N2O2. The minimum Gasteiger partial charge on any atom is -0.381 e. The number of amides is 1. The van der Waals surface area contributed by atoms with Crippen LogP contribution >= 0.6 is 0 Å². The highest BCUT2D eigenvalue weighted by molar-refractivity contribution is 5.90. The molecule has 2 atom stereocenters. The summed E-state index contributed by atoms with van der Waals surface area (Å²) in [7, 11) is 0. The number of nitrogens with two attached hydrogens (primary N) is 1. The Morgan fingerprint density at radius 3 is 2.49 bits per heavy atom. The molecular weight excluding hydrogens is 432 g/mol. The second-order valence-corrected chi connectivity index (χ2v) is 10.8. The molecule has 1 unspecified atom stereocenters. The Hall–Kier alpha value is -2.72. The number of primary amides is 1. The predicted octanol–water partition coefficient (Wildman–Crippen LogP) is 6.67. The van der Waals surface area contributed by atoms with Gasteiger partial charge in [-0.05, 0) is 91.1 Å². The number of nitrogens with zero attached hydrogens (tertiary/aromatic N) is 1. The van der Waals surface area contributed by atoms with E-state index in [2.05, 4.69) is 63.2 Å². The standard InChI is InChI=1S/C31H38N2O2/c1-4-21-15-24(6-5-19(21)2)25-11-12-28-26(16-25)17-29(22-7-9-23(10-8-22)31(32)34)33-30(28)27-13-14-35-18-20(27)3/h5-6,11-12,15-17,20,22-23,27H,4,7-10,13-14,18H2,1-3H3,(H2,32,34)/t20-,22?,23?,27?/m0/s1. The number of ether oxygens (including phenoxy) is 1. The smallest absolute Gasteiger partial charge is 0.220 e. The maximum absolute atomic E-state index is 11.7. The highest BCUT2D eigenvalue weighted by Crippen LogP contribution is 2.40. The number of hydrogen-bond donors (Lipinski definition) is 1. The van der Waals surface area contributed by atoms with Gasteiger partial charge in [0.05, 0.1) is 5.69 Å². The molecule has 4 nitrogen and oxygen atoms in total. The second kappa shape index (κ2) is 10.1. The average molecular weight is 471 g/mol. The average Bonchev–Trinajstić information content (AvgIpc) is 2.88. The van der Waals surface area contributed by atoms with Gasteiger partial charge in [0.2, 0.25) is 5.91 Å². The lowest BCUT2D eigenvalue weighted by molar-refractivity contribution is -0.122. The number of fused-ring (bicyclic) bond motifs is 1. The van der Waals surface area contributed by atoms with Crippen LogP contribution in [-0.4, -0.2) is 24.1 Å². The van der Waals surface area contributed by atoms with E-state index in [1.807, 2.05) is 0 Å². The zero-order valence-corrected chi connectivity index (χ0v) is 21.3. The number of benzene rings is 2. The van der Waals surface area contributed by atoms with Gasteiger partial charge in [-0.2, -0.15) is 0 Å². The highest BCUT2D eigenvalue weighted by atomic mass is 16.5. The van der Waals surface area contributed by atoms with E-state index in [0.717, 1.165) is 51.7 Å². The van der Waals surface area contributed by atoms with Crippen molar-refractivity contribution < 1.29 is 9.53 Å². The fourth-order valence-electron chi connectivity index (χ4n) is 6.17. The molecule has 2 heterocycles. The second-order valence-electron chi connectivity index (χ2n) is 10.8.